The number of ether oxygens (including phenoxy) is 1. The second kappa shape index (κ2) is 5.27. The molecular weight excluding hydrogens is 210 g/mol. The Balaban J connectivity index is 2.47. The second-order valence-electron chi connectivity index (χ2n) is 4.18. The lowest BCUT2D eigenvalue weighted by atomic mass is 9.94. The van der Waals surface area contributed by atoms with Crippen molar-refractivity contribution in [3.63, 3.8) is 0 Å². The highest BCUT2D eigenvalue weighted by Crippen LogP contribution is 2.24. The molecule has 0 aliphatic carbocycles. The predicted octanol–water partition coefficient (Wildman–Crippen LogP) is -1.25. The standard InChI is InChI=1S/C10H19N3O3/c1-7-10(2,3-6-16-7)13-9(15)8(14)12-5-4-11/h7H,3-6,11H2,1-2H3,(H,12,14)(H,13,15). The van der Waals surface area contributed by atoms with Crippen LogP contribution in [0.2, 0.25) is 0 Å². The fourth-order valence-corrected chi connectivity index (χ4v) is 1.58. The molecule has 2 unspecified atom stereocenters. The van der Waals surface area contributed by atoms with E-state index in [1.165, 1.54) is 0 Å². The van der Waals surface area contributed by atoms with Crippen LogP contribution in [0.25, 0.3) is 0 Å². The summed E-state index contributed by atoms with van der Waals surface area (Å²) in [6.45, 7) is 4.97. The zero-order chi connectivity index (χ0) is 12.2. The van der Waals surface area contributed by atoms with E-state index in [-0.39, 0.29) is 6.10 Å². The molecule has 0 spiro atoms. The zero-order valence-corrected chi connectivity index (χ0v) is 9.71. The smallest absolute Gasteiger partial charge is 0.309 e. The number of amides is 2. The molecule has 6 heteroatoms. The van der Waals surface area contributed by atoms with Gasteiger partial charge in [0, 0.05) is 19.7 Å². The minimum Gasteiger partial charge on any atom is -0.376 e. The van der Waals surface area contributed by atoms with Gasteiger partial charge in [-0.05, 0) is 20.3 Å². The monoisotopic (exact) mass is 229 g/mol. The van der Waals surface area contributed by atoms with Crippen LogP contribution >= 0.6 is 0 Å². The van der Waals surface area contributed by atoms with E-state index in [2.05, 4.69) is 10.6 Å². The maximum absolute atomic E-state index is 11.5. The van der Waals surface area contributed by atoms with Gasteiger partial charge in [-0.15, -0.1) is 0 Å². The van der Waals surface area contributed by atoms with Crippen molar-refractivity contribution in [3.05, 3.63) is 0 Å². The molecule has 0 aromatic heterocycles. The highest BCUT2D eigenvalue weighted by atomic mass is 16.5. The number of hydrogen-bond donors (Lipinski definition) is 3. The van der Waals surface area contributed by atoms with Gasteiger partial charge in [-0.25, -0.2) is 0 Å². The summed E-state index contributed by atoms with van der Waals surface area (Å²) in [5.41, 5.74) is 4.76. The maximum Gasteiger partial charge on any atom is 0.309 e. The van der Waals surface area contributed by atoms with Crippen molar-refractivity contribution in [2.75, 3.05) is 19.7 Å². The van der Waals surface area contributed by atoms with Gasteiger partial charge in [0.05, 0.1) is 11.6 Å². The lowest BCUT2D eigenvalue weighted by Crippen LogP contribution is -2.55. The second-order valence-corrected chi connectivity index (χ2v) is 4.18. The van der Waals surface area contributed by atoms with Gasteiger partial charge in [-0.3, -0.25) is 9.59 Å². The molecule has 1 rings (SSSR count). The largest absolute Gasteiger partial charge is 0.376 e. The van der Waals surface area contributed by atoms with E-state index in [9.17, 15) is 9.59 Å². The Hall–Kier alpha value is -1.14. The summed E-state index contributed by atoms with van der Waals surface area (Å²) in [5.74, 6) is -1.28. The molecule has 16 heavy (non-hydrogen) atoms. The van der Waals surface area contributed by atoms with Crippen LogP contribution in [0.1, 0.15) is 20.3 Å². The van der Waals surface area contributed by atoms with Crippen molar-refractivity contribution < 1.29 is 14.3 Å². The molecule has 1 aliphatic heterocycles. The van der Waals surface area contributed by atoms with Gasteiger partial charge in [0.1, 0.15) is 0 Å². The van der Waals surface area contributed by atoms with Crippen LogP contribution < -0.4 is 16.4 Å². The molecule has 92 valence electrons. The van der Waals surface area contributed by atoms with E-state index in [1.54, 1.807) is 0 Å². The number of hydrogen-bond acceptors (Lipinski definition) is 4. The van der Waals surface area contributed by atoms with Crippen molar-refractivity contribution in [3.8, 4) is 0 Å². The first kappa shape index (κ1) is 12.9. The average Bonchev–Trinajstić information content (AvgIpc) is 2.55. The summed E-state index contributed by atoms with van der Waals surface area (Å²) < 4.78 is 5.36. The third kappa shape index (κ3) is 2.93. The number of carbonyl (C=O) groups excluding carboxylic acids is 2. The molecule has 0 radical (unpaired) electrons. The first-order chi connectivity index (χ1) is 7.49. The third-order valence-electron chi connectivity index (χ3n) is 2.92. The van der Waals surface area contributed by atoms with E-state index in [4.69, 9.17) is 10.5 Å². The average molecular weight is 229 g/mol. The SMILES string of the molecule is CC1OCCC1(C)NC(=O)C(=O)NCCN. The van der Waals surface area contributed by atoms with Crippen LogP contribution in [-0.4, -0.2) is 43.2 Å². The van der Waals surface area contributed by atoms with E-state index < -0.39 is 17.4 Å². The molecule has 0 bridgehead atoms. The first-order valence-electron chi connectivity index (χ1n) is 5.41. The lowest BCUT2D eigenvalue weighted by Gasteiger charge is -2.28. The van der Waals surface area contributed by atoms with Crippen LogP contribution in [0.15, 0.2) is 0 Å². The highest BCUT2D eigenvalue weighted by molar-refractivity contribution is 6.35. The third-order valence-corrected chi connectivity index (χ3v) is 2.92. The summed E-state index contributed by atoms with van der Waals surface area (Å²) in [6.07, 6.45) is 0.628. The normalized spacial score (nSPS) is 28.8. The number of carbonyl (C=O) groups is 2. The Labute approximate surface area is 94.9 Å². The number of nitrogens with one attached hydrogen (secondary N) is 2. The lowest BCUT2D eigenvalue weighted by molar-refractivity contribution is -0.140. The molecule has 2 amide bonds. The van der Waals surface area contributed by atoms with Gasteiger partial charge in [-0.2, -0.15) is 0 Å². The Morgan fingerprint density at radius 2 is 2.19 bits per heavy atom. The summed E-state index contributed by atoms with van der Waals surface area (Å²) in [7, 11) is 0. The van der Waals surface area contributed by atoms with Crippen molar-refractivity contribution in [1.82, 2.24) is 10.6 Å². The summed E-state index contributed by atoms with van der Waals surface area (Å²) in [4.78, 5) is 22.9. The van der Waals surface area contributed by atoms with E-state index >= 15 is 0 Å². The highest BCUT2D eigenvalue weighted by Gasteiger charge is 2.39. The number of nitrogens with two attached hydrogens (primary N) is 1. The maximum atomic E-state index is 11.5. The van der Waals surface area contributed by atoms with Crippen LogP contribution in [-0.2, 0) is 14.3 Å². The van der Waals surface area contributed by atoms with Crippen LogP contribution in [0.4, 0.5) is 0 Å². The summed E-state index contributed by atoms with van der Waals surface area (Å²) in [6, 6.07) is 0. The molecule has 0 aromatic carbocycles. The van der Waals surface area contributed by atoms with Gasteiger partial charge in [0.15, 0.2) is 0 Å². The van der Waals surface area contributed by atoms with Crippen LogP contribution in [0.3, 0.4) is 0 Å². The molecule has 0 aromatic rings. The molecule has 1 aliphatic rings. The van der Waals surface area contributed by atoms with Crippen molar-refractivity contribution in [2.24, 2.45) is 5.73 Å². The molecule has 1 heterocycles. The van der Waals surface area contributed by atoms with E-state index in [0.717, 1.165) is 0 Å². The molecule has 1 fully saturated rings. The quantitative estimate of drug-likeness (QED) is 0.527. The molecule has 1 saturated heterocycles. The molecular formula is C10H19N3O3. The summed E-state index contributed by atoms with van der Waals surface area (Å²) in [5, 5.41) is 5.12. The van der Waals surface area contributed by atoms with Gasteiger partial charge >= 0.3 is 11.8 Å². The fraction of sp³-hybridized carbons (Fsp3) is 0.800. The Morgan fingerprint density at radius 3 is 2.69 bits per heavy atom. The molecule has 2 atom stereocenters. The summed E-state index contributed by atoms with van der Waals surface area (Å²) >= 11 is 0. The predicted molar refractivity (Wildman–Crippen MR) is 58.6 cm³/mol. The fourth-order valence-electron chi connectivity index (χ4n) is 1.58. The minimum atomic E-state index is -0.647. The van der Waals surface area contributed by atoms with E-state index in [0.29, 0.717) is 26.1 Å². The van der Waals surface area contributed by atoms with Crippen LogP contribution in [0, 0.1) is 0 Å². The van der Waals surface area contributed by atoms with E-state index in [1.807, 2.05) is 13.8 Å². The minimum absolute atomic E-state index is 0.0845. The zero-order valence-electron chi connectivity index (χ0n) is 9.71. The molecule has 0 saturated carbocycles. The van der Waals surface area contributed by atoms with Gasteiger partial charge in [0.2, 0.25) is 0 Å². The topological polar surface area (TPSA) is 93.4 Å². The first-order valence-corrected chi connectivity index (χ1v) is 5.41. The molecule has 6 nitrogen and oxygen atoms in total. The van der Waals surface area contributed by atoms with Crippen LogP contribution in [0.5, 0.6) is 0 Å². The Kier molecular flexibility index (Phi) is 4.26. The van der Waals surface area contributed by atoms with Crippen molar-refractivity contribution in [2.45, 2.75) is 31.9 Å². The number of rotatable bonds is 3. The van der Waals surface area contributed by atoms with Crippen molar-refractivity contribution in [1.29, 1.82) is 0 Å². The van der Waals surface area contributed by atoms with Gasteiger partial charge in [-0.1, -0.05) is 0 Å². The van der Waals surface area contributed by atoms with Gasteiger partial charge in [0.25, 0.3) is 0 Å². The van der Waals surface area contributed by atoms with Crippen molar-refractivity contribution >= 4 is 11.8 Å². The Bertz CT molecular complexity index is 282. The Morgan fingerprint density at radius 1 is 1.50 bits per heavy atom. The molecule has 4 N–H and O–H groups in total. The van der Waals surface area contributed by atoms with Gasteiger partial charge < -0.3 is 21.1 Å².